The van der Waals surface area contributed by atoms with Gasteiger partial charge in [-0.25, -0.2) is 13.4 Å². The summed E-state index contributed by atoms with van der Waals surface area (Å²) >= 11 is 0. The molecular formula is C9H11N3O2S. The van der Waals surface area contributed by atoms with E-state index < -0.39 is 10.0 Å². The molecule has 6 heteroatoms. The third-order valence-electron chi connectivity index (χ3n) is 1.90. The van der Waals surface area contributed by atoms with Crippen LogP contribution < -0.4 is 4.72 Å². The van der Waals surface area contributed by atoms with Crippen LogP contribution in [0.1, 0.15) is 5.82 Å². The topological polar surface area (TPSA) is 74.8 Å². The fraction of sp³-hybridized carbons (Fsp3) is 0.222. The number of hydrogen-bond donors (Lipinski definition) is 2. The third kappa shape index (κ3) is 2.27. The van der Waals surface area contributed by atoms with Gasteiger partial charge in [0.05, 0.1) is 23.0 Å². The average Bonchev–Trinajstić information content (AvgIpc) is 2.40. The van der Waals surface area contributed by atoms with Crippen molar-refractivity contribution < 1.29 is 8.42 Å². The summed E-state index contributed by atoms with van der Waals surface area (Å²) in [6, 6.07) is 5.17. The van der Waals surface area contributed by atoms with Crippen molar-refractivity contribution in [1.29, 1.82) is 0 Å². The van der Waals surface area contributed by atoms with Crippen LogP contribution in [0.5, 0.6) is 0 Å². The van der Waals surface area contributed by atoms with E-state index in [0.29, 0.717) is 5.69 Å². The Bertz CT molecular complexity index is 601. The van der Waals surface area contributed by atoms with E-state index in [2.05, 4.69) is 14.7 Å². The van der Waals surface area contributed by atoms with Crippen LogP contribution in [0.2, 0.25) is 0 Å². The zero-order valence-electron chi connectivity index (χ0n) is 8.40. The van der Waals surface area contributed by atoms with Gasteiger partial charge in [0.1, 0.15) is 5.82 Å². The third-order valence-corrected chi connectivity index (χ3v) is 2.51. The van der Waals surface area contributed by atoms with Crippen LogP contribution in [-0.4, -0.2) is 24.6 Å². The molecule has 0 aliphatic carbocycles. The lowest BCUT2D eigenvalue weighted by molar-refractivity contribution is 0.607. The van der Waals surface area contributed by atoms with Crippen LogP contribution in [0.3, 0.4) is 0 Å². The number of nitrogens with zero attached hydrogens (tertiary/aromatic N) is 1. The van der Waals surface area contributed by atoms with E-state index in [4.69, 9.17) is 0 Å². The van der Waals surface area contributed by atoms with Gasteiger partial charge in [0.2, 0.25) is 10.0 Å². The lowest BCUT2D eigenvalue weighted by Crippen LogP contribution is -2.09. The van der Waals surface area contributed by atoms with Crippen LogP contribution in [0.25, 0.3) is 11.0 Å². The van der Waals surface area contributed by atoms with Crippen molar-refractivity contribution in [3.05, 3.63) is 24.0 Å². The standard InChI is InChI=1S/C9H11N3O2S/c1-6-10-8-4-3-7(5-9(8)11-6)12-15(2,13)14/h3-5,12H,1-2H3,(H,10,11). The SMILES string of the molecule is Cc1nc2ccc(NS(C)(=O)=O)cc2[nH]1. The number of aromatic amines is 1. The lowest BCUT2D eigenvalue weighted by Gasteiger charge is -2.02. The van der Waals surface area contributed by atoms with Crippen LogP contribution in [0, 0.1) is 6.92 Å². The molecule has 80 valence electrons. The number of anilines is 1. The van der Waals surface area contributed by atoms with E-state index >= 15 is 0 Å². The molecule has 0 fully saturated rings. The molecule has 0 unspecified atom stereocenters. The van der Waals surface area contributed by atoms with Gasteiger partial charge < -0.3 is 4.98 Å². The number of aromatic nitrogens is 2. The molecule has 0 amide bonds. The van der Waals surface area contributed by atoms with Gasteiger partial charge in [0, 0.05) is 0 Å². The quantitative estimate of drug-likeness (QED) is 0.807. The van der Waals surface area contributed by atoms with Crippen molar-refractivity contribution in [3.63, 3.8) is 0 Å². The van der Waals surface area contributed by atoms with E-state index in [1.54, 1.807) is 18.2 Å². The maximum Gasteiger partial charge on any atom is 0.229 e. The molecule has 0 aliphatic heterocycles. The number of benzene rings is 1. The second kappa shape index (κ2) is 3.23. The number of hydrogen-bond acceptors (Lipinski definition) is 3. The van der Waals surface area contributed by atoms with Crippen molar-refractivity contribution in [2.24, 2.45) is 0 Å². The highest BCUT2D eigenvalue weighted by molar-refractivity contribution is 7.92. The summed E-state index contributed by atoms with van der Waals surface area (Å²) in [4.78, 5) is 7.26. The molecule has 0 bridgehead atoms. The van der Waals surface area contributed by atoms with Crippen LogP contribution in [0.15, 0.2) is 18.2 Å². The van der Waals surface area contributed by atoms with E-state index in [-0.39, 0.29) is 0 Å². The maximum atomic E-state index is 11.0. The highest BCUT2D eigenvalue weighted by Crippen LogP contribution is 2.17. The Labute approximate surface area is 87.6 Å². The molecule has 2 rings (SSSR count). The molecule has 15 heavy (non-hydrogen) atoms. The van der Waals surface area contributed by atoms with Crippen LogP contribution in [0.4, 0.5) is 5.69 Å². The van der Waals surface area contributed by atoms with E-state index in [1.165, 1.54) is 0 Å². The number of imidazole rings is 1. The highest BCUT2D eigenvalue weighted by atomic mass is 32.2. The number of rotatable bonds is 2. The maximum absolute atomic E-state index is 11.0. The van der Waals surface area contributed by atoms with Gasteiger partial charge in [-0.1, -0.05) is 0 Å². The van der Waals surface area contributed by atoms with Crippen molar-refractivity contribution in [2.75, 3.05) is 11.0 Å². The Morgan fingerprint density at radius 1 is 1.40 bits per heavy atom. The number of H-pyrrole nitrogens is 1. The van der Waals surface area contributed by atoms with Crippen LogP contribution >= 0.6 is 0 Å². The Kier molecular flexibility index (Phi) is 2.15. The summed E-state index contributed by atoms with van der Waals surface area (Å²) in [5, 5.41) is 0. The predicted molar refractivity (Wildman–Crippen MR) is 59.3 cm³/mol. The molecule has 2 aromatic rings. The zero-order chi connectivity index (χ0) is 11.1. The Balaban J connectivity index is 2.47. The lowest BCUT2D eigenvalue weighted by atomic mass is 10.3. The van der Waals surface area contributed by atoms with Gasteiger partial charge in [-0.05, 0) is 25.1 Å². The Morgan fingerprint density at radius 3 is 2.80 bits per heavy atom. The summed E-state index contributed by atoms with van der Waals surface area (Å²) < 4.78 is 24.4. The summed E-state index contributed by atoms with van der Waals surface area (Å²) in [5.41, 5.74) is 2.18. The number of fused-ring (bicyclic) bond motifs is 1. The molecule has 0 spiro atoms. The molecule has 2 N–H and O–H groups in total. The van der Waals surface area contributed by atoms with E-state index in [9.17, 15) is 8.42 Å². The second-order valence-corrected chi connectivity index (χ2v) is 5.18. The van der Waals surface area contributed by atoms with Crippen molar-refractivity contribution >= 4 is 26.7 Å². The normalized spacial score (nSPS) is 11.9. The first-order valence-electron chi connectivity index (χ1n) is 4.38. The molecular weight excluding hydrogens is 214 g/mol. The Hall–Kier alpha value is -1.56. The minimum atomic E-state index is -3.22. The monoisotopic (exact) mass is 225 g/mol. The van der Waals surface area contributed by atoms with Crippen molar-refractivity contribution in [1.82, 2.24) is 9.97 Å². The fourth-order valence-corrected chi connectivity index (χ4v) is 1.97. The summed E-state index contributed by atoms with van der Waals surface area (Å²) in [6.07, 6.45) is 1.12. The fourth-order valence-electron chi connectivity index (χ4n) is 1.41. The van der Waals surface area contributed by atoms with E-state index in [1.807, 2.05) is 6.92 Å². The van der Waals surface area contributed by atoms with E-state index in [0.717, 1.165) is 23.1 Å². The minimum absolute atomic E-state index is 0.536. The van der Waals surface area contributed by atoms with Gasteiger partial charge in [-0.15, -0.1) is 0 Å². The molecule has 0 saturated heterocycles. The molecule has 0 saturated carbocycles. The molecule has 0 atom stereocenters. The molecule has 0 radical (unpaired) electrons. The summed E-state index contributed by atoms with van der Waals surface area (Å²) in [5.74, 6) is 0.807. The van der Waals surface area contributed by atoms with Gasteiger partial charge in [-0.3, -0.25) is 4.72 Å². The second-order valence-electron chi connectivity index (χ2n) is 3.43. The zero-order valence-corrected chi connectivity index (χ0v) is 9.22. The van der Waals surface area contributed by atoms with Crippen LogP contribution in [-0.2, 0) is 10.0 Å². The molecule has 1 aromatic heterocycles. The van der Waals surface area contributed by atoms with Gasteiger partial charge in [0.25, 0.3) is 0 Å². The first kappa shape index (κ1) is 9.97. The number of nitrogens with one attached hydrogen (secondary N) is 2. The molecule has 0 aliphatic rings. The highest BCUT2D eigenvalue weighted by Gasteiger charge is 2.04. The number of sulfonamides is 1. The summed E-state index contributed by atoms with van der Waals surface area (Å²) in [6.45, 7) is 1.85. The average molecular weight is 225 g/mol. The summed E-state index contributed by atoms with van der Waals surface area (Å²) in [7, 11) is -3.22. The Morgan fingerprint density at radius 2 is 2.13 bits per heavy atom. The largest absolute Gasteiger partial charge is 0.342 e. The first-order valence-corrected chi connectivity index (χ1v) is 6.27. The van der Waals surface area contributed by atoms with Crippen molar-refractivity contribution in [2.45, 2.75) is 6.92 Å². The predicted octanol–water partition coefficient (Wildman–Crippen LogP) is 1.24. The van der Waals surface area contributed by atoms with Gasteiger partial charge in [-0.2, -0.15) is 0 Å². The molecule has 1 heterocycles. The first-order chi connectivity index (χ1) is 6.94. The van der Waals surface area contributed by atoms with Gasteiger partial charge >= 0.3 is 0 Å². The number of aryl methyl sites for hydroxylation is 1. The van der Waals surface area contributed by atoms with Crippen molar-refractivity contribution in [3.8, 4) is 0 Å². The molecule has 1 aromatic carbocycles. The molecule has 5 nitrogen and oxygen atoms in total. The minimum Gasteiger partial charge on any atom is -0.342 e. The van der Waals surface area contributed by atoms with Gasteiger partial charge in [0.15, 0.2) is 0 Å². The smallest absolute Gasteiger partial charge is 0.229 e.